The van der Waals surface area contributed by atoms with Gasteiger partial charge in [0.15, 0.2) is 0 Å². The molecule has 0 fully saturated rings. The number of hydrogen-bond acceptors (Lipinski definition) is 4. The largest absolute Gasteiger partial charge is 0.462 e. The summed E-state index contributed by atoms with van der Waals surface area (Å²) in [5, 5.41) is 9.83. The van der Waals surface area contributed by atoms with Crippen LogP contribution in [0.1, 0.15) is 23.0 Å². The summed E-state index contributed by atoms with van der Waals surface area (Å²) in [6.45, 7) is 2.04. The number of hydrogen-bond donors (Lipinski definition) is 1. The van der Waals surface area contributed by atoms with Gasteiger partial charge in [-0.3, -0.25) is 4.98 Å². The van der Waals surface area contributed by atoms with Gasteiger partial charge in [0, 0.05) is 5.39 Å². The highest BCUT2D eigenvalue weighted by Crippen LogP contribution is 2.15. The van der Waals surface area contributed by atoms with Gasteiger partial charge in [0.05, 0.1) is 30.0 Å². The number of ether oxygens (including phenoxy) is 1. The average Bonchev–Trinajstić information content (AvgIpc) is 2.37. The molecule has 0 saturated carbocycles. The van der Waals surface area contributed by atoms with E-state index in [0.29, 0.717) is 17.9 Å². The lowest BCUT2D eigenvalue weighted by Crippen LogP contribution is -2.04. The van der Waals surface area contributed by atoms with Crippen molar-refractivity contribution in [3.63, 3.8) is 0 Å². The Hall–Kier alpha value is -1.94. The predicted molar refractivity (Wildman–Crippen MR) is 63.6 cm³/mol. The van der Waals surface area contributed by atoms with Crippen molar-refractivity contribution in [2.24, 2.45) is 0 Å². The summed E-state index contributed by atoms with van der Waals surface area (Å²) >= 11 is 0. The Kier molecular flexibility index (Phi) is 3.35. The van der Waals surface area contributed by atoms with Gasteiger partial charge in [-0.1, -0.05) is 6.07 Å². The van der Waals surface area contributed by atoms with E-state index in [2.05, 4.69) is 4.98 Å². The summed E-state index contributed by atoms with van der Waals surface area (Å²) < 4.78 is 4.92. The van der Waals surface area contributed by atoms with E-state index in [9.17, 15) is 4.79 Å². The fourth-order valence-corrected chi connectivity index (χ4v) is 1.60. The minimum atomic E-state index is -0.333. The Morgan fingerprint density at radius 3 is 2.88 bits per heavy atom. The van der Waals surface area contributed by atoms with E-state index in [4.69, 9.17) is 9.84 Å². The fourth-order valence-electron chi connectivity index (χ4n) is 1.60. The van der Waals surface area contributed by atoms with Crippen LogP contribution in [0.5, 0.6) is 0 Å². The Morgan fingerprint density at radius 2 is 2.18 bits per heavy atom. The van der Waals surface area contributed by atoms with E-state index >= 15 is 0 Å². The van der Waals surface area contributed by atoms with Crippen LogP contribution < -0.4 is 0 Å². The lowest BCUT2D eigenvalue weighted by molar-refractivity contribution is 0.0526. The van der Waals surface area contributed by atoms with Crippen LogP contribution in [0.25, 0.3) is 10.9 Å². The third-order valence-corrected chi connectivity index (χ3v) is 2.42. The number of fused-ring (bicyclic) bond motifs is 1. The molecule has 0 amide bonds. The standard InChI is InChI=1S/C13H13NO3/c1-2-17-13(16)10-4-6-12-9(7-10)3-5-11(8-15)14-12/h3-7,15H,2,8H2,1H3. The maximum absolute atomic E-state index is 11.5. The molecule has 0 radical (unpaired) electrons. The third kappa shape index (κ3) is 2.42. The molecule has 1 heterocycles. The molecule has 4 heteroatoms. The van der Waals surface area contributed by atoms with Crippen LogP contribution in [0.3, 0.4) is 0 Å². The Labute approximate surface area is 98.9 Å². The molecule has 88 valence electrons. The first-order valence-corrected chi connectivity index (χ1v) is 5.42. The van der Waals surface area contributed by atoms with Crippen molar-refractivity contribution in [1.29, 1.82) is 0 Å². The molecule has 0 saturated heterocycles. The average molecular weight is 231 g/mol. The highest BCUT2D eigenvalue weighted by atomic mass is 16.5. The number of carbonyl (C=O) groups is 1. The Balaban J connectivity index is 2.41. The van der Waals surface area contributed by atoms with E-state index < -0.39 is 0 Å². The number of pyridine rings is 1. The van der Waals surface area contributed by atoms with Crippen molar-refractivity contribution in [3.8, 4) is 0 Å². The predicted octanol–water partition coefficient (Wildman–Crippen LogP) is 1.90. The summed E-state index contributed by atoms with van der Waals surface area (Å²) in [7, 11) is 0. The maximum Gasteiger partial charge on any atom is 0.338 e. The number of nitrogens with zero attached hydrogens (tertiary/aromatic N) is 1. The van der Waals surface area contributed by atoms with Gasteiger partial charge in [-0.2, -0.15) is 0 Å². The van der Waals surface area contributed by atoms with Crippen LogP contribution in [-0.4, -0.2) is 22.7 Å². The van der Waals surface area contributed by atoms with Gasteiger partial charge in [-0.15, -0.1) is 0 Å². The zero-order valence-corrected chi connectivity index (χ0v) is 9.51. The van der Waals surface area contributed by atoms with E-state index in [1.54, 1.807) is 31.2 Å². The maximum atomic E-state index is 11.5. The van der Waals surface area contributed by atoms with Crippen LogP contribution in [0, 0.1) is 0 Å². The fraction of sp³-hybridized carbons (Fsp3) is 0.231. The summed E-state index contributed by atoms with van der Waals surface area (Å²) in [6, 6.07) is 8.73. The number of aliphatic hydroxyl groups excluding tert-OH is 1. The van der Waals surface area contributed by atoms with Crippen LogP contribution in [0.2, 0.25) is 0 Å². The minimum Gasteiger partial charge on any atom is -0.462 e. The molecule has 17 heavy (non-hydrogen) atoms. The summed E-state index contributed by atoms with van der Waals surface area (Å²) in [5.41, 5.74) is 1.88. The monoisotopic (exact) mass is 231 g/mol. The smallest absolute Gasteiger partial charge is 0.338 e. The van der Waals surface area contributed by atoms with E-state index in [1.807, 2.05) is 6.07 Å². The first kappa shape index (κ1) is 11.5. The summed E-state index contributed by atoms with van der Waals surface area (Å²) in [5.74, 6) is -0.333. The van der Waals surface area contributed by atoms with E-state index in [-0.39, 0.29) is 12.6 Å². The van der Waals surface area contributed by atoms with Crippen LogP contribution >= 0.6 is 0 Å². The van der Waals surface area contributed by atoms with Crippen LogP contribution in [0.4, 0.5) is 0 Å². The highest BCUT2D eigenvalue weighted by molar-refractivity contribution is 5.94. The third-order valence-electron chi connectivity index (χ3n) is 2.42. The topological polar surface area (TPSA) is 59.4 Å². The van der Waals surface area contributed by atoms with E-state index in [0.717, 1.165) is 10.9 Å². The van der Waals surface area contributed by atoms with Gasteiger partial charge in [-0.05, 0) is 31.2 Å². The van der Waals surface area contributed by atoms with Crippen molar-refractivity contribution in [2.45, 2.75) is 13.5 Å². The second-order valence-corrected chi connectivity index (χ2v) is 3.59. The first-order valence-electron chi connectivity index (χ1n) is 5.42. The number of aromatic nitrogens is 1. The molecule has 2 aromatic rings. The Bertz CT molecular complexity index is 551. The molecule has 1 N–H and O–H groups in total. The molecule has 0 bridgehead atoms. The normalized spacial score (nSPS) is 10.5. The lowest BCUT2D eigenvalue weighted by atomic mass is 10.1. The SMILES string of the molecule is CCOC(=O)c1ccc2nc(CO)ccc2c1. The van der Waals surface area contributed by atoms with Gasteiger partial charge < -0.3 is 9.84 Å². The second kappa shape index (κ2) is 4.93. The van der Waals surface area contributed by atoms with Gasteiger partial charge in [0.1, 0.15) is 0 Å². The van der Waals surface area contributed by atoms with Crippen molar-refractivity contribution in [3.05, 3.63) is 41.6 Å². The van der Waals surface area contributed by atoms with Gasteiger partial charge in [-0.25, -0.2) is 4.79 Å². The molecule has 0 atom stereocenters. The molecule has 2 rings (SSSR count). The van der Waals surface area contributed by atoms with Crippen molar-refractivity contribution in [2.75, 3.05) is 6.61 Å². The zero-order chi connectivity index (χ0) is 12.3. The molecule has 4 nitrogen and oxygen atoms in total. The molecule has 0 aliphatic carbocycles. The molecule has 0 unspecified atom stereocenters. The lowest BCUT2D eigenvalue weighted by Gasteiger charge is -2.04. The zero-order valence-electron chi connectivity index (χ0n) is 9.51. The van der Waals surface area contributed by atoms with E-state index in [1.165, 1.54) is 0 Å². The number of rotatable bonds is 3. The molecule has 1 aromatic carbocycles. The molecule has 0 aliphatic heterocycles. The molecular formula is C13H13NO3. The van der Waals surface area contributed by atoms with Gasteiger partial charge >= 0.3 is 5.97 Å². The number of benzene rings is 1. The number of aliphatic hydroxyl groups is 1. The van der Waals surface area contributed by atoms with Gasteiger partial charge in [0.2, 0.25) is 0 Å². The molecular weight excluding hydrogens is 218 g/mol. The minimum absolute atomic E-state index is 0.0877. The van der Waals surface area contributed by atoms with Crippen molar-refractivity contribution >= 4 is 16.9 Å². The van der Waals surface area contributed by atoms with Gasteiger partial charge in [0.25, 0.3) is 0 Å². The Morgan fingerprint density at radius 1 is 1.35 bits per heavy atom. The van der Waals surface area contributed by atoms with Crippen LogP contribution in [-0.2, 0) is 11.3 Å². The van der Waals surface area contributed by atoms with Crippen LogP contribution in [0.15, 0.2) is 30.3 Å². The first-order chi connectivity index (χ1) is 8.24. The molecule has 1 aromatic heterocycles. The molecule has 0 spiro atoms. The number of esters is 1. The summed E-state index contributed by atoms with van der Waals surface area (Å²) in [6.07, 6.45) is 0. The molecule has 0 aliphatic rings. The van der Waals surface area contributed by atoms with Crippen molar-refractivity contribution < 1.29 is 14.6 Å². The highest BCUT2D eigenvalue weighted by Gasteiger charge is 2.07. The summed E-state index contributed by atoms with van der Waals surface area (Å²) in [4.78, 5) is 15.8. The van der Waals surface area contributed by atoms with Crippen molar-refractivity contribution in [1.82, 2.24) is 4.98 Å². The second-order valence-electron chi connectivity index (χ2n) is 3.59. The quantitative estimate of drug-likeness (QED) is 0.820. The number of carbonyl (C=O) groups excluding carboxylic acids is 1.